The second-order valence-corrected chi connectivity index (χ2v) is 8.79. The predicted molar refractivity (Wildman–Crippen MR) is 127 cm³/mol. The number of benzene rings is 3. The zero-order valence-electron chi connectivity index (χ0n) is 18.7. The number of amides is 2. The largest absolute Gasteiger partial charge is 0.481 e. The molecule has 0 spiro atoms. The molecule has 0 heterocycles. The monoisotopic (exact) mass is 474 g/mol. The van der Waals surface area contributed by atoms with Crippen molar-refractivity contribution in [2.75, 3.05) is 18.5 Å². The Balaban J connectivity index is 1.25. The van der Waals surface area contributed by atoms with Gasteiger partial charge in [-0.1, -0.05) is 48.5 Å². The number of aliphatic carboxylic acids is 1. The molecule has 0 bridgehead atoms. The fraction of sp³-hybridized carbons (Fsp3) is 0.222. The molecule has 0 aliphatic heterocycles. The van der Waals surface area contributed by atoms with Crippen LogP contribution in [0.25, 0.3) is 11.1 Å². The number of hydrogen-bond donors (Lipinski definition) is 3. The van der Waals surface area contributed by atoms with Crippen LogP contribution in [0.5, 0.6) is 0 Å². The lowest BCUT2D eigenvalue weighted by Gasteiger charge is -2.16. The average Bonchev–Trinajstić information content (AvgIpc) is 3.58. The van der Waals surface area contributed by atoms with E-state index in [1.54, 1.807) is 0 Å². The summed E-state index contributed by atoms with van der Waals surface area (Å²) in [5.41, 5.74) is 4.40. The SMILES string of the molecule is O=C(Nc1ccc(F)cc1C(=O)NC[C@@H]1C[C@@H]1C(=O)O)OCC1c2ccccc2-c2ccccc21. The van der Waals surface area contributed by atoms with Crippen LogP contribution < -0.4 is 10.6 Å². The minimum atomic E-state index is -0.896. The quantitative estimate of drug-likeness (QED) is 0.463. The van der Waals surface area contributed by atoms with E-state index in [1.165, 1.54) is 6.07 Å². The second-order valence-electron chi connectivity index (χ2n) is 8.79. The summed E-state index contributed by atoms with van der Waals surface area (Å²) in [4.78, 5) is 36.2. The first-order valence-corrected chi connectivity index (χ1v) is 11.3. The van der Waals surface area contributed by atoms with Crippen LogP contribution in [0.2, 0.25) is 0 Å². The fourth-order valence-corrected chi connectivity index (χ4v) is 4.65. The molecule has 35 heavy (non-hydrogen) atoms. The second kappa shape index (κ2) is 9.21. The first-order valence-electron chi connectivity index (χ1n) is 11.3. The highest BCUT2D eigenvalue weighted by atomic mass is 19.1. The standard InChI is InChI=1S/C27H23FN2O5/c28-16-9-10-24(22(12-16)25(31)29-13-15-11-21(15)26(32)33)30-27(34)35-14-23-19-7-3-1-5-17(19)18-6-2-4-8-20(18)23/h1-10,12,15,21,23H,11,13-14H2,(H,29,31)(H,30,34)(H,32,33)/t15-,21-/m0/s1. The number of fused-ring (bicyclic) bond motifs is 3. The summed E-state index contributed by atoms with van der Waals surface area (Å²) < 4.78 is 19.4. The van der Waals surface area contributed by atoms with E-state index in [0.717, 1.165) is 34.4 Å². The predicted octanol–water partition coefficient (Wildman–Crippen LogP) is 4.64. The number of carboxylic acids is 1. The Hall–Kier alpha value is -4.20. The molecule has 2 amide bonds. The highest BCUT2D eigenvalue weighted by molar-refractivity contribution is 6.02. The van der Waals surface area contributed by atoms with Gasteiger partial charge in [-0.3, -0.25) is 14.9 Å². The van der Waals surface area contributed by atoms with Crippen LogP contribution in [-0.4, -0.2) is 36.2 Å². The molecule has 0 aromatic heterocycles. The molecule has 178 valence electrons. The number of halogens is 1. The minimum absolute atomic E-state index is 0.0639. The number of nitrogens with one attached hydrogen (secondary N) is 2. The van der Waals surface area contributed by atoms with Crippen LogP contribution in [0.4, 0.5) is 14.9 Å². The van der Waals surface area contributed by atoms with Gasteiger partial charge in [-0.2, -0.15) is 0 Å². The minimum Gasteiger partial charge on any atom is -0.481 e. The third-order valence-corrected chi connectivity index (χ3v) is 6.57. The summed E-state index contributed by atoms with van der Waals surface area (Å²) in [7, 11) is 0. The van der Waals surface area contributed by atoms with E-state index in [1.807, 2.05) is 48.5 Å². The molecule has 3 aromatic carbocycles. The molecule has 8 heteroatoms. The summed E-state index contributed by atoms with van der Waals surface area (Å²) in [6, 6.07) is 19.4. The number of ether oxygens (including phenoxy) is 1. The summed E-state index contributed by atoms with van der Waals surface area (Å²) in [5.74, 6) is -2.88. The van der Waals surface area contributed by atoms with Gasteiger partial charge in [0.05, 0.1) is 17.2 Å². The number of anilines is 1. The summed E-state index contributed by atoms with van der Waals surface area (Å²) >= 11 is 0. The highest BCUT2D eigenvalue weighted by Crippen LogP contribution is 2.44. The van der Waals surface area contributed by atoms with E-state index in [0.29, 0.717) is 6.42 Å². The topological polar surface area (TPSA) is 105 Å². The van der Waals surface area contributed by atoms with Crippen molar-refractivity contribution >= 4 is 23.7 Å². The molecular formula is C27H23FN2O5. The van der Waals surface area contributed by atoms with Gasteiger partial charge in [0.1, 0.15) is 12.4 Å². The van der Waals surface area contributed by atoms with Crippen LogP contribution >= 0.6 is 0 Å². The van der Waals surface area contributed by atoms with E-state index in [4.69, 9.17) is 9.84 Å². The van der Waals surface area contributed by atoms with Gasteiger partial charge in [0.15, 0.2) is 0 Å². The third kappa shape index (κ3) is 4.59. The van der Waals surface area contributed by atoms with Gasteiger partial charge in [-0.25, -0.2) is 9.18 Å². The molecule has 2 aliphatic rings. The maximum absolute atomic E-state index is 13.9. The van der Waals surface area contributed by atoms with Crippen molar-refractivity contribution in [3.63, 3.8) is 0 Å². The molecule has 0 saturated heterocycles. The van der Waals surface area contributed by atoms with E-state index in [9.17, 15) is 18.8 Å². The zero-order chi connectivity index (χ0) is 24.5. The first kappa shape index (κ1) is 22.6. The van der Waals surface area contributed by atoms with Crippen molar-refractivity contribution in [3.8, 4) is 11.1 Å². The number of rotatable bonds is 7. The molecule has 7 nitrogen and oxygen atoms in total. The summed E-state index contributed by atoms with van der Waals surface area (Å²) in [6.45, 7) is 0.261. The third-order valence-electron chi connectivity index (χ3n) is 6.57. The Morgan fingerprint density at radius 1 is 0.971 bits per heavy atom. The Kier molecular flexibility index (Phi) is 5.94. The first-order chi connectivity index (χ1) is 16.9. The van der Waals surface area contributed by atoms with Crippen molar-refractivity contribution in [2.24, 2.45) is 11.8 Å². The van der Waals surface area contributed by atoms with Crippen LogP contribution in [0.15, 0.2) is 66.7 Å². The Labute approximate surface area is 200 Å². The lowest BCUT2D eigenvalue weighted by atomic mass is 9.98. The average molecular weight is 474 g/mol. The van der Waals surface area contributed by atoms with Gasteiger partial charge in [0.25, 0.3) is 5.91 Å². The van der Waals surface area contributed by atoms with Crippen LogP contribution in [0, 0.1) is 17.7 Å². The Morgan fingerprint density at radius 3 is 2.26 bits per heavy atom. The lowest BCUT2D eigenvalue weighted by Crippen LogP contribution is -2.28. The molecule has 3 N–H and O–H groups in total. The van der Waals surface area contributed by atoms with Crippen LogP contribution in [0.3, 0.4) is 0 Å². The van der Waals surface area contributed by atoms with Gasteiger partial charge >= 0.3 is 12.1 Å². The Bertz CT molecular complexity index is 1280. The number of hydrogen-bond acceptors (Lipinski definition) is 4. The summed E-state index contributed by atoms with van der Waals surface area (Å²) in [6.07, 6.45) is -0.274. The maximum atomic E-state index is 13.9. The van der Waals surface area contributed by atoms with Crippen LogP contribution in [0.1, 0.15) is 33.8 Å². The van der Waals surface area contributed by atoms with Gasteiger partial charge in [0.2, 0.25) is 0 Å². The molecule has 0 radical (unpaired) electrons. The smallest absolute Gasteiger partial charge is 0.411 e. The van der Waals surface area contributed by atoms with Crippen molar-refractivity contribution in [1.29, 1.82) is 0 Å². The lowest BCUT2D eigenvalue weighted by molar-refractivity contribution is -0.138. The van der Waals surface area contributed by atoms with E-state index in [-0.39, 0.29) is 36.2 Å². The highest BCUT2D eigenvalue weighted by Gasteiger charge is 2.43. The zero-order valence-corrected chi connectivity index (χ0v) is 18.7. The van der Waals surface area contributed by atoms with Crippen molar-refractivity contribution in [2.45, 2.75) is 12.3 Å². The molecule has 2 atom stereocenters. The van der Waals surface area contributed by atoms with Crippen LogP contribution in [-0.2, 0) is 9.53 Å². The molecule has 2 aliphatic carbocycles. The normalized spacial score (nSPS) is 17.7. The van der Waals surface area contributed by atoms with Crippen molar-refractivity contribution in [1.82, 2.24) is 5.32 Å². The van der Waals surface area contributed by atoms with E-state index >= 15 is 0 Å². The maximum Gasteiger partial charge on any atom is 0.411 e. The Morgan fingerprint density at radius 2 is 1.63 bits per heavy atom. The molecule has 0 unspecified atom stereocenters. The molecule has 1 saturated carbocycles. The van der Waals surface area contributed by atoms with E-state index in [2.05, 4.69) is 10.6 Å². The van der Waals surface area contributed by atoms with E-state index < -0.39 is 29.7 Å². The number of carbonyl (C=O) groups excluding carboxylic acids is 2. The fourth-order valence-electron chi connectivity index (χ4n) is 4.65. The van der Waals surface area contributed by atoms with Gasteiger partial charge < -0.3 is 15.2 Å². The summed E-state index contributed by atoms with van der Waals surface area (Å²) in [5, 5.41) is 14.2. The van der Waals surface area contributed by atoms with Crippen molar-refractivity contribution in [3.05, 3.63) is 89.2 Å². The number of carboxylic acid groups (broad SMARTS) is 1. The number of carbonyl (C=O) groups is 3. The molecular weight excluding hydrogens is 451 g/mol. The van der Waals surface area contributed by atoms with Gasteiger partial charge in [0, 0.05) is 12.5 Å². The molecule has 5 rings (SSSR count). The molecule has 1 fully saturated rings. The van der Waals surface area contributed by atoms with Gasteiger partial charge in [-0.05, 0) is 52.8 Å². The molecule has 3 aromatic rings. The van der Waals surface area contributed by atoms with Gasteiger partial charge in [-0.15, -0.1) is 0 Å². The van der Waals surface area contributed by atoms with Crippen molar-refractivity contribution < 1.29 is 28.6 Å².